The molecular formula is C20H29N5O2. The standard InChI is InChI=1S/C20H29N5O2/c1-16-5-4-6-19(13-16)27-17(2)14-22-20(21-3)25-10-8-24(9-11-25)15-18-7-12-26-23-18/h4-7,12-13,17H,8-11,14-15H2,1-3H3,(H,21,22). The zero-order valence-electron chi connectivity index (χ0n) is 16.4. The van der Waals surface area contributed by atoms with Gasteiger partial charge in [-0.3, -0.25) is 9.89 Å². The Hall–Kier alpha value is -2.54. The second kappa shape index (κ2) is 9.41. The minimum atomic E-state index is 0.0528. The molecule has 1 aliphatic heterocycles. The summed E-state index contributed by atoms with van der Waals surface area (Å²) in [7, 11) is 1.83. The molecule has 1 fully saturated rings. The van der Waals surface area contributed by atoms with Crippen molar-refractivity contribution in [2.24, 2.45) is 4.99 Å². The van der Waals surface area contributed by atoms with E-state index in [2.05, 4.69) is 51.2 Å². The molecule has 7 heteroatoms. The van der Waals surface area contributed by atoms with Crippen LogP contribution in [0.15, 0.2) is 46.1 Å². The summed E-state index contributed by atoms with van der Waals surface area (Å²) in [6.45, 7) is 9.50. The fourth-order valence-corrected chi connectivity index (χ4v) is 3.20. The van der Waals surface area contributed by atoms with Crippen LogP contribution in [0.3, 0.4) is 0 Å². The molecule has 146 valence electrons. The van der Waals surface area contributed by atoms with Crippen molar-refractivity contribution in [3.05, 3.63) is 47.9 Å². The lowest BCUT2D eigenvalue weighted by Gasteiger charge is -2.36. The normalized spacial score (nSPS) is 17.0. The second-order valence-corrected chi connectivity index (χ2v) is 6.93. The van der Waals surface area contributed by atoms with Gasteiger partial charge in [0.15, 0.2) is 5.96 Å². The van der Waals surface area contributed by atoms with E-state index >= 15 is 0 Å². The predicted octanol–water partition coefficient (Wildman–Crippen LogP) is 2.14. The van der Waals surface area contributed by atoms with Gasteiger partial charge in [0, 0.05) is 45.8 Å². The third-order valence-electron chi connectivity index (χ3n) is 4.63. The average Bonchev–Trinajstić information content (AvgIpc) is 3.16. The van der Waals surface area contributed by atoms with E-state index in [0.717, 1.165) is 50.1 Å². The minimum absolute atomic E-state index is 0.0528. The van der Waals surface area contributed by atoms with Crippen molar-refractivity contribution in [1.29, 1.82) is 0 Å². The van der Waals surface area contributed by atoms with Gasteiger partial charge in [0.1, 0.15) is 18.1 Å². The molecular weight excluding hydrogens is 342 g/mol. The quantitative estimate of drug-likeness (QED) is 0.620. The highest BCUT2D eigenvalue weighted by atomic mass is 16.5. The number of rotatable bonds is 6. The molecule has 3 rings (SSSR count). The fourth-order valence-electron chi connectivity index (χ4n) is 3.20. The largest absolute Gasteiger partial charge is 0.489 e. The lowest BCUT2D eigenvalue weighted by atomic mass is 10.2. The smallest absolute Gasteiger partial charge is 0.193 e. The van der Waals surface area contributed by atoms with E-state index in [-0.39, 0.29) is 6.10 Å². The fraction of sp³-hybridized carbons (Fsp3) is 0.500. The Balaban J connectivity index is 1.42. The highest BCUT2D eigenvalue weighted by molar-refractivity contribution is 5.80. The third kappa shape index (κ3) is 5.72. The molecule has 0 amide bonds. The van der Waals surface area contributed by atoms with Crippen LogP contribution in [-0.2, 0) is 6.54 Å². The van der Waals surface area contributed by atoms with Crippen molar-refractivity contribution in [2.75, 3.05) is 39.8 Å². The van der Waals surface area contributed by atoms with Crippen LogP contribution in [0.4, 0.5) is 0 Å². The first-order valence-corrected chi connectivity index (χ1v) is 9.44. The maximum absolute atomic E-state index is 5.99. The molecule has 1 atom stereocenters. The lowest BCUT2D eigenvalue weighted by molar-refractivity contribution is 0.167. The number of nitrogens with one attached hydrogen (secondary N) is 1. The summed E-state index contributed by atoms with van der Waals surface area (Å²) in [6.07, 6.45) is 1.68. The molecule has 0 bridgehead atoms. The van der Waals surface area contributed by atoms with Gasteiger partial charge >= 0.3 is 0 Å². The number of ether oxygens (including phenoxy) is 1. The molecule has 0 saturated carbocycles. The van der Waals surface area contributed by atoms with Gasteiger partial charge in [-0.2, -0.15) is 0 Å². The van der Waals surface area contributed by atoms with Gasteiger partial charge in [-0.05, 0) is 31.5 Å². The SMILES string of the molecule is CN=C(NCC(C)Oc1cccc(C)c1)N1CCN(Cc2ccon2)CC1. The van der Waals surface area contributed by atoms with Gasteiger partial charge < -0.3 is 19.5 Å². The summed E-state index contributed by atoms with van der Waals surface area (Å²) >= 11 is 0. The summed E-state index contributed by atoms with van der Waals surface area (Å²) in [5.41, 5.74) is 2.18. The monoisotopic (exact) mass is 371 g/mol. The Morgan fingerprint density at radius 1 is 1.30 bits per heavy atom. The predicted molar refractivity (Wildman–Crippen MR) is 106 cm³/mol. The highest BCUT2D eigenvalue weighted by Gasteiger charge is 2.20. The third-order valence-corrected chi connectivity index (χ3v) is 4.63. The van der Waals surface area contributed by atoms with Gasteiger partial charge in [0.2, 0.25) is 0 Å². The van der Waals surface area contributed by atoms with Crippen molar-refractivity contribution in [1.82, 2.24) is 20.3 Å². The maximum atomic E-state index is 5.99. The topological polar surface area (TPSA) is 66.1 Å². The molecule has 1 aromatic heterocycles. The minimum Gasteiger partial charge on any atom is -0.489 e. The van der Waals surface area contributed by atoms with Crippen LogP contribution in [0, 0.1) is 6.92 Å². The van der Waals surface area contributed by atoms with E-state index in [1.165, 1.54) is 5.56 Å². The molecule has 1 aliphatic rings. The molecule has 0 spiro atoms. The molecule has 0 radical (unpaired) electrons. The maximum Gasteiger partial charge on any atom is 0.193 e. The first-order chi connectivity index (χ1) is 13.1. The summed E-state index contributed by atoms with van der Waals surface area (Å²) in [4.78, 5) is 9.11. The molecule has 7 nitrogen and oxygen atoms in total. The van der Waals surface area contributed by atoms with Gasteiger partial charge in [-0.25, -0.2) is 0 Å². The number of aliphatic imine (C=N–C) groups is 1. The van der Waals surface area contributed by atoms with E-state index in [1.54, 1.807) is 6.26 Å². The van der Waals surface area contributed by atoms with Crippen LogP contribution < -0.4 is 10.1 Å². The number of hydrogen-bond acceptors (Lipinski definition) is 5. The van der Waals surface area contributed by atoms with Crippen LogP contribution in [0.2, 0.25) is 0 Å². The van der Waals surface area contributed by atoms with Gasteiger partial charge in [-0.1, -0.05) is 17.3 Å². The van der Waals surface area contributed by atoms with Gasteiger partial charge in [0.05, 0.1) is 12.2 Å². The zero-order chi connectivity index (χ0) is 19.1. The summed E-state index contributed by atoms with van der Waals surface area (Å²) in [5, 5.41) is 7.43. The summed E-state index contributed by atoms with van der Waals surface area (Å²) < 4.78 is 10.9. The van der Waals surface area contributed by atoms with E-state index in [0.29, 0.717) is 6.54 Å². The van der Waals surface area contributed by atoms with E-state index in [4.69, 9.17) is 9.26 Å². The molecule has 1 N–H and O–H groups in total. The summed E-state index contributed by atoms with van der Waals surface area (Å²) in [6, 6.07) is 10.1. The molecule has 27 heavy (non-hydrogen) atoms. The van der Waals surface area contributed by atoms with Crippen molar-refractivity contribution >= 4 is 5.96 Å². The first-order valence-electron chi connectivity index (χ1n) is 9.44. The van der Waals surface area contributed by atoms with Crippen molar-refractivity contribution < 1.29 is 9.26 Å². The van der Waals surface area contributed by atoms with Crippen LogP contribution in [-0.4, -0.2) is 66.8 Å². The Kier molecular flexibility index (Phi) is 6.70. The first kappa shape index (κ1) is 19.2. The summed E-state index contributed by atoms with van der Waals surface area (Å²) in [5.74, 6) is 1.83. The number of benzene rings is 1. The molecule has 0 aliphatic carbocycles. The van der Waals surface area contributed by atoms with Crippen molar-refractivity contribution in [3.8, 4) is 5.75 Å². The van der Waals surface area contributed by atoms with Gasteiger partial charge in [0.25, 0.3) is 0 Å². The van der Waals surface area contributed by atoms with Crippen molar-refractivity contribution in [3.63, 3.8) is 0 Å². The van der Waals surface area contributed by atoms with E-state index < -0.39 is 0 Å². The van der Waals surface area contributed by atoms with Gasteiger partial charge in [-0.15, -0.1) is 0 Å². The number of guanidine groups is 1. The highest BCUT2D eigenvalue weighted by Crippen LogP contribution is 2.14. The molecule has 2 heterocycles. The van der Waals surface area contributed by atoms with Crippen LogP contribution in [0.25, 0.3) is 0 Å². The Bertz CT molecular complexity index is 724. The molecule has 2 aromatic rings. The Morgan fingerprint density at radius 3 is 2.78 bits per heavy atom. The molecule has 1 unspecified atom stereocenters. The van der Waals surface area contributed by atoms with Crippen LogP contribution in [0.5, 0.6) is 5.75 Å². The van der Waals surface area contributed by atoms with Crippen molar-refractivity contribution in [2.45, 2.75) is 26.5 Å². The number of hydrogen-bond donors (Lipinski definition) is 1. The second-order valence-electron chi connectivity index (χ2n) is 6.93. The zero-order valence-corrected chi connectivity index (χ0v) is 16.4. The number of aromatic nitrogens is 1. The number of nitrogens with zero attached hydrogens (tertiary/aromatic N) is 4. The number of aryl methyl sites for hydroxylation is 1. The Labute approximate surface area is 161 Å². The lowest BCUT2D eigenvalue weighted by Crippen LogP contribution is -2.53. The van der Waals surface area contributed by atoms with E-state index in [9.17, 15) is 0 Å². The van der Waals surface area contributed by atoms with Crippen LogP contribution in [0.1, 0.15) is 18.2 Å². The van der Waals surface area contributed by atoms with Crippen LogP contribution >= 0.6 is 0 Å². The molecule has 1 aromatic carbocycles. The average molecular weight is 371 g/mol. The molecule has 1 saturated heterocycles. The van der Waals surface area contributed by atoms with E-state index in [1.807, 2.05) is 25.2 Å². The number of piperazine rings is 1. The Morgan fingerprint density at radius 2 is 2.11 bits per heavy atom.